The van der Waals surface area contributed by atoms with Crippen molar-refractivity contribution in [3.05, 3.63) is 24.2 Å². The molecule has 6 heteroatoms. The van der Waals surface area contributed by atoms with E-state index in [0.29, 0.717) is 24.6 Å². The summed E-state index contributed by atoms with van der Waals surface area (Å²) in [6, 6.07) is 4.26. The number of hydrogen-bond acceptors (Lipinski definition) is 3. The summed E-state index contributed by atoms with van der Waals surface area (Å²) >= 11 is 0. The van der Waals surface area contributed by atoms with Gasteiger partial charge in [0.25, 0.3) is 0 Å². The molecule has 1 saturated carbocycles. The SMILES string of the molecule is CN=C(NCc1ccco1)NC1C2CCCOC2C1(C)C.I. The molecule has 1 aromatic rings. The molecule has 3 rings (SSSR count). The zero-order chi connectivity index (χ0) is 14.9. The van der Waals surface area contributed by atoms with E-state index >= 15 is 0 Å². The quantitative estimate of drug-likeness (QED) is 0.450. The Bertz CT molecular complexity index is 501. The van der Waals surface area contributed by atoms with Crippen LogP contribution in [-0.2, 0) is 11.3 Å². The maximum atomic E-state index is 5.94. The van der Waals surface area contributed by atoms with Gasteiger partial charge in [-0.05, 0) is 25.0 Å². The first-order chi connectivity index (χ1) is 10.1. The molecule has 0 spiro atoms. The van der Waals surface area contributed by atoms with Crippen molar-refractivity contribution in [1.29, 1.82) is 0 Å². The highest BCUT2D eigenvalue weighted by Crippen LogP contribution is 2.51. The van der Waals surface area contributed by atoms with Gasteiger partial charge in [-0.1, -0.05) is 13.8 Å². The minimum absolute atomic E-state index is 0. The predicted octanol–water partition coefficient (Wildman–Crippen LogP) is 2.77. The average molecular weight is 419 g/mol. The minimum Gasteiger partial charge on any atom is -0.467 e. The van der Waals surface area contributed by atoms with Crippen molar-refractivity contribution in [3.8, 4) is 0 Å². The summed E-state index contributed by atoms with van der Waals surface area (Å²) in [5.74, 6) is 2.33. The van der Waals surface area contributed by atoms with Crippen LogP contribution in [0.1, 0.15) is 32.4 Å². The van der Waals surface area contributed by atoms with Gasteiger partial charge in [-0.25, -0.2) is 0 Å². The van der Waals surface area contributed by atoms with Crippen molar-refractivity contribution in [3.63, 3.8) is 0 Å². The molecule has 0 amide bonds. The van der Waals surface area contributed by atoms with Gasteiger partial charge in [0.2, 0.25) is 0 Å². The van der Waals surface area contributed by atoms with Gasteiger partial charge in [0.15, 0.2) is 5.96 Å². The third-order valence-electron chi connectivity index (χ3n) is 4.86. The number of furan rings is 1. The molecule has 5 nitrogen and oxygen atoms in total. The normalized spacial score (nSPS) is 29.8. The van der Waals surface area contributed by atoms with E-state index in [0.717, 1.165) is 24.7 Å². The first kappa shape index (κ1) is 17.6. The number of nitrogens with one attached hydrogen (secondary N) is 2. The molecule has 1 aliphatic heterocycles. The second kappa shape index (κ2) is 7.21. The van der Waals surface area contributed by atoms with Crippen molar-refractivity contribution in [2.24, 2.45) is 16.3 Å². The van der Waals surface area contributed by atoms with Crippen LogP contribution in [0.4, 0.5) is 0 Å². The van der Waals surface area contributed by atoms with Gasteiger partial charge in [-0.2, -0.15) is 0 Å². The van der Waals surface area contributed by atoms with E-state index in [-0.39, 0.29) is 29.4 Å². The third kappa shape index (κ3) is 3.27. The van der Waals surface area contributed by atoms with Crippen LogP contribution in [0.3, 0.4) is 0 Å². The van der Waals surface area contributed by atoms with E-state index < -0.39 is 0 Å². The minimum atomic E-state index is 0. The van der Waals surface area contributed by atoms with Crippen molar-refractivity contribution in [1.82, 2.24) is 10.6 Å². The van der Waals surface area contributed by atoms with E-state index in [9.17, 15) is 0 Å². The lowest BCUT2D eigenvalue weighted by molar-refractivity contribution is -0.188. The predicted molar refractivity (Wildman–Crippen MR) is 97.5 cm³/mol. The number of aliphatic imine (C=N–C) groups is 1. The summed E-state index contributed by atoms with van der Waals surface area (Å²) in [6.07, 6.45) is 4.47. The molecule has 1 saturated heterocycles. The van der Waals surface area contributed by atoms with Crippen LogP contribution in [-0.4, -0.2) is 31.8 Å². The molecule has 0 radical (unpaired) electrons. The molecule has 0 aromatic carbocycles. The second-order valence-electron chi connectivity index (χ2n) is 6.55. The Balaban J connectivity index is 0.00000176. The fourth-order valence-corrected chi connectivity index (χ4v) is 3.74. The zero-order valence-electron chi connectivity index (χ0n) is 13.5. The van der Waals surface area contributed by atoms with Gasteiger partial charge in [-0.15, -0.1) is 24.0 Å². The summed E-state index contributed by atoms with van der Waals surface area (Å²) in [7, 11) is 1.80. The van der Waals surface area contributed by atoms with Crippen LogP contribution in [0, 0.1) is 11.3 Å². The number of rotatable bonds is 3. The first-order valence-electron chi connectivity index (χ1n) is 7.74. The largest absolute Gasteiger partial charge is 0.467 e. The highest BCUT2D eigenvalue weighted by atomic mass is 127. The summed E-state index contributed by atoms with van der Waals surface area (Å²) < 4.78 is 11.3. The maximum absolute atomic E-state index is 5.94. The van der Waals surface area contributed by atoms with E-state index in [1.807, 2.05) is 12.1 Å². The van der Waals surface area contributed by atoms with Crippen molar-refractivity contribution < 1.29 is 9.15 Å². The van der Waals surface area contributed by atoms with Crippen LogP contribution in [0.5, 0.6) is 0 Å². The summed E-state index contributed by atoms with van der Waals surface area (Å²) in [4.78, 5) is 4.32. The maximum Gasteiger partial charge on any atom is 0.191 e. The topological polar surface area (TPSA) is 58.8 Å². The Morgan fingerprint density at radius 2 is 2.27 bits per heavy atom. The molecular weight excluding hydrogens is 393 g/mol. The van der Waals surface area contributed by atoms with Crippen molar-refractivity contribution >= 4 is 29.9 Å². The third-order valence-corrected chi connectivity index (χ3v) is 4.86. The molecular formula is C16H26IN3O2. The van der Waals surface area contributed by atoms with Crippen LogP contribution < -0.4 is 10.6 Å². The lowest BCUT2D eigenvalue weighted by Gasteiger charge is -2.60. The highest BCUT2D eigenvalue weighted by molar-refractivity contribution is 14.0. The summed E-state index contributed by atoms with van der Waals surface area (Å²) in [5, 5.41) is 6.88. The molecule has 0 bridgehead atoms. The van der Waals surface area contributed by atoms with Crippen molar-refractivity contribution in [2.75, 3.05) is 13.7 Å². The Morgan fingerprint density at radius 3 is 2.95 bits per heavy atom. The van der Waals surface area contributed by atoms with Crippen molar-refractivity contribution in [2.45, 2.75) is 45.4 Å². The molecule has 2 N–H and O–H groups in total. The van der Waals surface area contributed by atoms with Gasteiger partial charge in [0.05, 0.1) is 18.9 Å². The molecule has 22 heavy (non-hydrogen) atoms. The second-order valence-corrected chi connectivity index (χ2v) is 6.55. The average Bonchev–Trinajstić information content (AvgIpc) is 3.00. The van der Waals surface area contributed by atoms with E-state index in [2.05, 4.69) is 29.5 Å². The first-order valence-corrected chi connectivity index (χ1v) is 7.74. The molecule has 124 valence electrons. The van der Waals surface area contributed by atoms with Gasteiger partial charge in [-0.3, -0.25) is 4.99 Å². The number of ether oxygens (including phenoxy) is 1. The Morgan fingerprint density at radius 1 is 1.45 bits per heavy atom. The van der Waals surface area contributed by atoms with Gasteiger partial charge in [0.1, 0.15) is 5.76 Å². The van der Waals surface area contributed by atoms with Crippen LogP contribution in [0.2, 0.25) is 0 Å². The van der Waals surface area contributed by atoms with E-state index in [4.69, 9.17) is 9.15 Å². The number of guanidine groups is 1. The molecule has 3 unspecified atom stereocenters. The van der Waals surface area contributed by atoms with Crippen LogP contribution in [0.15, 0.2) is 27.8 Å². The van der Waals surface area contributed by atoms with Gasteiger partial charge >= 0.3 is 0 Å². The number of hydrogen-bond donors (Lipinski definition) is 2. The molecule has 2 aliphatic rings. The number of fused-ring (bicyclic) bond motifs is 1. The fraction of sp³-hybridized carbons (Fsp3) is 0.688. The monoisotopic (exact) mass is 419 g/mol. The Labute approximate surface area is 149 Å². The molecule has 2 fully saturated rings. The molecule has 3 atom stereocenters. The number of nitrogens with zero attached hydrogens (tertiary/aromatic N) is 1. The van der Waals surface area contributed by atoms with Crippen LogP contribution >= 0.6 is 24.0 Å². The molecule has 1 aliphatic carbocycles. The van der Waals surface area contributed by atoms with Crippen LogP contribution in [0.25, 0.3) is 0 Å². The lowest BCUT2D eigenvalue weighted by Crippen LogP contribution is -2.70. The Hall–Kier alpha value is -0.760. The molecule has 2 heterocycles. The van der Waals surface area contributed by atoms with Gasteiger partial charge in [0, 0.05) is 31.0 Å². The smallest absolute Gasteiger partial charge is 0.191 e. The summed E-state index contributed by atoms with van der Waals surface area (Å²) in [5.41, 5.74) is 0.146. The lowest BCUT2D eigenvalue weighted by atomic mass is 9.55. The highest BCUT2D eigenvalue weighted by Gasteiger charge is 2.58. The standard InChI is InChI=1S/C16H25N3O2.HI/c1-16(2)13(12-7-5-9-21-14(12)16)19-15(17-3)18-10-11-6-4-8-20-11;/h4,6,8,12-14H,5,7,9-10H2,1-3H3,(H2,17,18,19);1H. The number of halogens is 1. The van der Waals surface area contributed by atoms with E-state index in [1.54, 1.807) is 13.3 Å². The summed E-state index contributed by atoms with van der Waals surface area (Å²) in [6.45, 7) is 6.10. The van der Waals surface area contributed by atoms with E-state index in [1.165, 1.54) is 6.42 Å². The Kier molecular flexibility index (Phi) is 5.76. The zero-order valence-corrected chi connectivity index (χ0v) is 15.8. The fourth-order valence-electron chi connectivity index (χ4n) is 3.74. The van der Waals surface area contributed by atoms with Gasteiger partial charge < -0.3 is 19.8 Å². The molecule has 1 aromatic heterocycles.